The molecule has 3 aromatic carbocycles. The van der Waals surface area contributed by atoms with E-state index in [0.29, 0.717) is 5.54 Å². The zero-order chi connectivity index (χ0) is 16.2. The second kappa shape index (κ2) is 7.26. The topological polar surface area (TPSA) is 18.5 Å². The van der Waals surface area contributed by atoms with Gasteiger partial charge in [-0.3, -0.25) is 0 Å². The second-order valence-corrected chi connectivity index (χ2v) is 8.20. The van der Waals surface area contributed by atoms with Gasteiger partial charge in [0.2, 0.25) is 0 Å². The molecule has 1 unspecified atom stereocenters. The molecule has 0 amide bonds. The molecule has 3 aromatic rings. The Labute approximate surface area is 139 Å². The summed E-state index contributed by atoms with van der Waals surface area (Å²) >= 11 is 0. The highest BCUT2D eigenvalue weighted by Crippen LogP contribution is 2.32. The highest BCUT2D eigenvalue weighted by molar-refractivity contribution is 6.46. The molecule has 2 nitrogen and oxygen atoms in total. The summed E-state index contributed by atoms with van der Waals surface area (Å²) in [4.78, 5) is 0. The van der Waals surface area contributed by atoms with Crippen LogP contribution >= 0.6 is 0 Å². The predicted molar refractivity (Wildman–Crippen MR) is 100 cm³/mol. The molecule has 0 saturated heterocycles. The minimum Gasteiger partial charge on any atom is -0.396 e. The van der Waals surface area contributed by atoms with Crippen molar-refractivity contribution in [1.82, 2.24) is 0 Å². The van der Waals surface area contributed by atoms with E-state index in [0.717, 1.165) is 13.2 Å². The van der Waals surface area contributed by atoms with Crippen molar-refractivity contribution in [3.63, 3.8) is 0 Å². The molecule has 0 bridgehead atoms. The van der Waals surface area contributed by atoms with Crippen molar-refractivity contribution in [1.29, 1.82) is 0 Å². The molecule has 0 saturated carbocycles. The molecule has 1 atom stereocenters. The van der Waals surface area contributed by atoms with Crippen molar-refractivity contribution >= 4 is 30.8 Å². The van der Waals surface area contributed by atoms with Crippen molar-refractivity contribution in [3.05, 3.63) is 60.2 Å². The molecule has 0 N–H and O–H groups in total. The highest BCUT2D eigenvalue weighted by atomic mass is 28.3. The Morgan fingerprint density at radius 1 is 0.783 bits per heavy atom. The maximum Gasteiger partial charge on any atom is 0.328 e. The van der Waals surface area contributed by atoms with Gasteiger partial charge in [-0.2, -0.15) is 0 Å². The Kier molecular flexibility index (Phi) is 5.11. The smallest absolute Gasteiger partial charge is 0.328 e. The minimum absolute atomic E-state index is 0.319. The monoisotopic (exact) mass is 324 g/mol. The van der Waals surface area contributed by atoms with Crippen LogP contribution in [0.5, 0.6) is 0 Å². The van der Waals surface area contributed by atoms with Crippen LogP contribution in [0.4, 0.5) is 0 Å². The van der Waals surface area contributed by atoms with Gasteiger partial charge in [0.1, 0.15) is 0 Å². The summed E-state index contributed by atoms with van der Waals surface area (Å²) in [5.41, 5.74) is 1.66. The van der Waals surface area contributed by atoms with Crippen LogP contribution in [0, 0.1) is 0 Å². The van der Waals surface area contributed by atoms with Gasteiger partial charge in [-0.1, -0.05) is 61.5 Å². The quantitative estimate of drug-likeness (QED) is 0.473. The molecule has 0 radical (unpaired) electrons. The summed E-state index contributed by atoms with van der Waals surface area (Å²) in [5.74, 6) is 0. The van der Waals surface area contributed by atoms with Gasteiger partial charge in [0, 0.05) is 18.8 Å². The van der Waals surface area contributed by atoms with E-state index in [2.05, 4.69) is 61.5 Å². The lowest BCUT2D eigenvalue weighted by Gasteiger charge is -2.23. The van der Waals surface area contributed by atoms with Crippen LogP contribution in [0.25, 0.3) is 21.5 Å². The second-order valence-electron chi connectivity index (χ2n) is 5.80. The average molecular weight is 324 g/mol. The molecule has 0 aliphatic heterocycles. The van der Waals surface area contributed by atoms with Crippen molar-refractivity contribution < 1.29 is 8.85 Å². The molecule has 0 fully saturated rings. The molecule has 3 heteroatoms. The number of rotatable bonds is 6. The van der Waals surface area contributed by atoms with E-state index in [-0.39, 0.29) is 0 Å². The molecule has 120 valence electrons. The van der Waals surface area contributed by atoms with E-state index < -0.39 is 9.28 Å². The van der Waals surface area contributed by atoms with Gasteiger partial charge in [-0.05, 0) is 41.0 Å². The third-order valence-corrected chi connectivity index (χ3v) is 6.88. The Hall–Kier alpha value is -1.68. The van der Waals surface area contributed by atoms with E-state index in [9.17, 15) is 0 Å². The van der Waals surface area contributed by atoms with Crippen LogP contribution in [0.2, 0.25) is 0 Å². The van der Waals surface area contributed by atoms with Crippen LogP contribution in [-0.2, 0) is 8.85 Å². The number of hydrogen-bond acceptors (Lipinski definition) is 2. The minimum atomic E-state index is -1.72. The van der Waals surface area contributed by atoms with E-state index in [1.807, 2.05) is 13.8 Å². The van der Waals surface area contributed by atoms with Crippen LogP contribution in [0.3, 0.4) is 0 Å². The summed E-state index contributed by atoms with van der Waals surface area (Å²) < 4.78 is 11.9. The molecular formula is C20H24O2Si. The highest BCUT2D eigenvalue weighted by Gasteiger charge is 2.24. The van der Waals surface area contributed by atoms with Crippen molar-refractivity contribution in [2.75, 3.05) is 13.2 Å². The van der Waals surface area contributed by atoms with Gasteiger partial charge in [-0.25, -0.2) is 0 Å². The average Bonchev–Trinajstić information content (AvgIpc) is 2.60. The summed E-state index contributed by atoms with van der Waals surface area (Å²) in [7, 11) is -1.72. The van der Waals surface area contributed by atoms with E-state index >= 15 is 0 Å². The lowest BCUT2D eigenvalue weighted by atomic mass is 9.97. The molecule has 0 aliphatic carbocycles. The lowest BCUT2D eigenvalue weighted by molar-refractivity contribution is 0.206. The zero-order valence-corrected chi connectivity index (χ0v) is 15.2. The van der Waals surface area contributed by atoms with Crippen LogP contribution < -0.4 is 0 Å². The van der Waals surface area contributed by atoms with Gasteiger partial charge in [-0.15, -0.1) is 0 Å². The first-order valence-corrected chi connectivity index (χ1v) is 10.0. The van der Waals surface area contributed by atoms with Crippen LogP contribution in [0.1, 0.15) is 31.9 Å². The van der Waals surface area contributed by atoms with Crippen LogP contribution in [0.15, 0.2) is 54.6 Å². The summed E-state index contributed by atoms with van der Waals surface area (Å²) in [5, 5.41) is 5.22. The van der Waals surface area contributed by atoms with E-state index in [1.165, 1.54) is 27.1 Å². The summed E-state index contributed by atoms with van der Waals surface area (Å²) in [6.07, 6.45) is 0. The van der Waals surface area contributed by atoms with Crippen molar-refractivity contribution in [2.45, 2.75) is 26.3 Å². The predicted octanol–water partition coefficient (Wildman–Crippen LogP) is 4.93. The molecule has 3 rings (SSSR count). The normalized spacial score (nSPS) is 13.0. The SMILES string of the molecule is CCO[SiH](OCC)C(C)c1cccc2c1ccc1ccccc12. The van der Waals surface area contributed by atoms with Gasteiger partial charge in [0.15, 0.2) is 0 Å². The molecule has 23 heavy (non-hydrogen) atoms. The number of hydrogen-bond donors (Lipinski definition) is 0. The van der Waals surface area contributed by atoms with Crippen molar-refractivity contribution in [2.24, 2.45) is 0 Å². The summed E-state index contributed by atoms with van der Waals surface area (Å²) in [6.45, 7) is 7.76. The Bertz CT molecular complexity index is 794. The number of benzene rings is 3. The Morgan fingerprint density at radius 2 is 1.48 bits per heavy atom. The Balaban J connectivity index is 2.12. The van der Waals surface area contributed by atoms with E-state index in [1.54, 1.807) is 0 Å². The molecule has 0 aliphatic rings. The van der Waals surface area contributed by atoms with Gasteiger partial charge in [0.05, 0.1) is 0 Å². The van der Waals surface area contributed by atoms with E-state index in [4.69, 9.17) is 8.85 Å². The standard InChI is InChI=1S/C20H24O2Si/c1-4-21-23(22-5-2)15(3)17-11-8-12-19-18-10-7-6-9-16(18)13-14-20(17)19/h6-15,23H,4-5H2,1-3H3. The molecule has 0 heterocycles. The first-order chi connectivity index (χ1) is 11.3. The molecule has 0 aromatic heterocycles. The fraction of sp³-hybridized carbons (Fsp3) is 0.300. The van der Waals surface area contributed by atoms with Gasteiger partial charge in [0.25, 0.3) is 0 Å². The third-order valence-electron chi connectivity index (χ3n) is 4.38. The first-order valence-electron chi connectivity index (χ1n) is 8.39. The first kappa shape index (κ1) is 16.2. The summed E-state index contributed by atoms with van der Waals surface area (Å²) in [6, 6.07) is 19.6. The molecular weight excluding hydrogens is 300 g/mol. The fourth-order valence-electron chi connectivity index (χ4n) is 3.27. The lowest BCUT2D eigenvalue weighted by Crippen LogP contribution is -2.30. The van der Waals surface area contributed by atoms with Crippen molar-refractivity contribution in [3.8, 4) is 0 Å². The van der Waals surface area contributed by atoms with Crippen LogP contribution in [-0.4, -0.2) is 22.5 Å². The fourth-order valence-corrected chi connectivity index (χ4v) is 5.19. The maximum absolute atomic E-state index is 5.95. The number of fused-ring (bicyclic) bond motifs is 3. The Morgan fingerprint density at radius 3 is 2.22 bits per heavy atom. The molecule has 0 spiro atoms. The zero-order valence-electron chi connectivity index (χ0n) is 14.1. The maximum atomic E-state index is 5.95. The van der Waals surface area contributed by atoms with Gasteiger partial charge < -0.3 is 8.85 Å². The third kappa shape index (κ3) is 3.18. The van der Waals surface area contributed by atoms with Gasteiger partial charge >= 0.3 is 9.28 Å². The largest absolute Gasteiger partial charge is 0.396 e.